The van der Waals surface area contributed by atoms with Gasteiger partial charge >= 0.3 is 0 Å². The maximum Gasteiger partial charge on any atom is 0.257 e. The highest BCUT2D eigenvalue weighted by Crippen LogP contribution is 2.24. The molecule has 4 aromatic rings. The molecule has 0 atom stereocenters. The third-order valence-corrected chi connectivity index (χ3v) is 5.06. The highest BCUT2D eigenvalue weighted by Gasteiger charge is 2.18. The number of aromatic nitrogens is 5. The van der Waals surface area contributed by atoms with Gasteiger partial charge in [0.05, 0.1) is 11.4 Å². The molecule has 0 saturated heterocycles. The molecular weight excluding hydrogens is 419 g/mol. The Kier molecular flexibility index (Phi) is 5.08. The maximum absolute atomic E-state index is 12.3. The van der Waals surface area contributed by atoms with Crippen molar-refractivity contribution in [2.75, 3.05) is 5.32 Å². The van der Waals surface area contributed by atoms with Crippen LogP contribution in [-0.2, 0) is 0 Å². The number of halogens is 2. The Morgan fingerprint density at radius 3 is 2.36 bits per heavy atom. The molecule has 2 heterocycles. The van der Waals surface area contributed by atoms with Gasteiger partial charge in [-0.15, -0.1) is 5.10 Å². The first-order valence-electron chi connectivity index (χ1n) is 8.10. The van der Waals surface area contributed by atoms with E-state index >= 15 is 0 Å². The Labute approximate surface area is 174 Å². The Morgan fingerprint density at radius 2 is 1.68 bits per heavy atom. The number of nitrogens with zero attached hydrogens (tertiary/aromatic N) is 5. The molecule has 7 nitrogen and oxygen atoms in total. The number of carbonyl (C=O) groups is 1. The monoisotopic (exact) mass is 430 g/mol. The van der Waals surface area contributed by atoms with Gasteiger partial charge in [0.15, 0.2) is 11.5 Å². The van der Waals surface area contributed by atoms with Crippen molar-refractivity contribution >= 4 is 45.8 Å². The zero-order chi connectivity index (χ0) is 19.7. The van der Waals surface area contributed by atoms with E-state index in [4.69, 9.17) is 23.2 Å². The van der Waals surface area contributed by atoms with Crippen LogP contribution in [0.4, 0.5) is 5.13 Å². The van der Waals surface area contributed by atoms with E-state index < -0.39 is 0 Å². The summed E-state index contributed by atoms with van der Waals surface area (Å²) in [6.07, 6.45) is 0. The van der Waals surface area contributed by atoms with Gasteiger partial charge in [-0.25, -0.2) is 4.68 Å². The summed E-state index contributed by atoms with van der Waals surface area (Å²) in [6.45, 7) is 1.87. The maximum atomic E-state index is 12.3. The molecule has 0 fully saturated rings. The Balaban J connectivity index is 1.55. The van der Waals surface area contributed by atoms with E-state index in [1.807, 2.05) is 19.1 Å². The van der Waals surface area contributed by atoms with Crippen molar-refractivity contribution in [3.05, 3.63) is 69.8 Å². The summed E-state index contributed by atoms with van der Waals surface area (Å²) in [6, 6.07) is 13.8. The topological polar surface area (TPSA) is 85.6 Å². The van der Waals surface area contributed by atoms with Crippen molar-refractivity contribution in [2.24, 2.45) is 0 Å². The lowest BCUT2D eigenvalue weighted by atomic mass is 10.2. The fourth-order valence-electron chi connectivity index (χ4n) is 2.50. The van der Waals surface area contributed by atoms with Gasteiger partial charge in [0.25, 0.3) is 5.91 Å². The fourth-order valence-corrected chi connectivity index (χ4v) is 3.32. The lowest BCUT2D eigenvalue weighted by Crippen LogP contribution is -2.11. The predicted octanol–water partition coefficient (Wildman–Crippen LogP) is 4.65. The van der Waals surface area contributed by atoms with Crippen molar-refractivity contribution in [1.29, 1.82) is 0 Å². The first-order valence-corrected chi connectivity index (χ1v) is 9.63. The molecule has 140 valence electrons. The number of amides is 1. The van der Waals surface area contributed by atoms with Crippen LogP contribution in [0.5, 0.6) is 0 Å². The third-order valence-electron chi connectivity index (χ3n) is 3.93. The van der Waals surface area contributed by atoms with Crippen molar-refractivity contribution < 1.29 is 4.79 Å². The number of hydrogen-bond acceptors (Lipinski definition) is 6. The number of hydrogen-bond donors (Lipinski definition) is 1. The summed E-state index contributed by atoms with van der Waals surface area (Å²) in [5.74, 6) is 0.107. The lowest BCUT2D eigenvalue weighted by Gasteiger charge is -2.03. The van der Waals surface area contributed by atoms with Gasteiger partial charge in [-0.05, 0) is 55.5 Å². The van der Waals surface area contributed by atoms with Crippen LogP contribution in [0.2, 0.25) is 10.0 Å². The van der Waals surface area contributed by atoms with Crippen LogP contribution < -0.4 is 5.32 Å². The number of rotatable bonds is 4. The molecule has 0 aliphatic heterocycles. The molecule has 0 aliphatic rings. The van der Waals surface area contributed by atoms with Gasteiger partial charge in [-0.1, -0.05) is 28.4 Å². The van der Waals surface area contributed by atoms with E-state index in [-0.39, 0.29) is 5.91 Å². The SMILES string of the molecule is Cc1c(-c2nsc(NC(=O)c3ccc(Cl)cc3)n2)nnn1-c1ccc(Cl)cc1. The minimum atomic E-state index is -0.291. The van der Waals surface area contributed by atoms with Crippen LogP contribution in [0.25, 0.3) is 17.2 Å². The molecule has 0 radical (unpaired) electrons. The molecule has 0 aliphatic carbocycles. The highest BCUT2D eigenvalue weighted by molar-refractivity contribution is 7.10. The van der Waals surface area contributed by atoms with Crippen molar-refractivity contribution in [3.8, 4) is 17.2 Å². The van der Waals surface area contributed by atoms with E-state index in [0.29, 0.717) is 32.3 Å². The van der Waals surface area contributed by atoms with Crippen LogP contribution in [0.3, 0.4) is 0 Å². The number of nitrogens with one attached hydrogen (secondary N) is 1. The minimum Gasteiger partial charge on any atom is -0.297 e. The molecule has 2 aromatic carbocycles. The second kappa shape index (κ2) is 7.67. The molecule has 0 spiro atoms. The van der Waals surface area contributed by atoms with Gasteiger partial charge in [0, 0.05) is 27.1 Å². The summed E-state index contributed by atoms with van der Waals surface area (Å²) >= 11 is 12.8. The summed E-state index contributed by atoms with van der Waals surface area (Å²) in [5.41, 5.74) is 2.62. The second-order valence-electron chi connectivity index (χ2n) is 5.80. The zero-order valence-electron chi connectivity index (χ0n) is 14.4. The normalized spacial score (nSPS) is 10.8. The number of benzene rings is 2. The van der Waals surface area contributed by atoms with Crippen molar-refractivity contribution in [3.63, 3.8) is 0 Å². The molecule has 28 heavy (non-hydrogen) atoms. The van der Waals surface area contributed by atoms with Crippen LogP contribution in [0, 0.1) is 6.92 Å². The minimum absolute atomic E-state index is 0.291. The molecule has 4 rings (SSSR count). The van der Waals surface area contributed by atoms with E-state index in [1.165, 1.54) is 0 Å². The summed E-state index contributed by atoms with van der Waals surface area (Å²) in [4.78, 5) is 16.7. The van der Waals surface area contributed by atoms with E-state index in [2.05, 4.69) is 25.0 Å². The molecule has 10 heteroatoms. The number of anilines is 1. The fraction of sp³-hybridized carbons (Fsp3) is 0.0556. The van der Waals surface area contributed by atoms with Gasteiger partial charge < -0.3 is 0 Å². The molecule has 0 unspecified atom stereocenters. The number of carbonyl (C=O) groups excluding carboxylic acids is 1. The van der Waals surface area contributed by atoms with Gasteiger partial charge in [-0.2, -0.15) is 9.36 Å². The molecular formula is C18H12Cl2N6OS. The quantitative estimate of drug-likeness (QED) is 0.508. The zero-order valence-corrected chi connectivity index (χ0v) is 16.8. The van der Waals surface area contributed by atoms with Crippen LogP contribution in [0.15, 0.2) is 48.5 Å². The van der Waals surface area contributed by atoms with Crippen molar-refractivity contribution in [2.45, 2.75) is 6.92 Å². The van der Waals surface area contributed by atoms with Gasteiger partial charge in [0.2, 0.25) is 5.13 Å². The van der Waals surface area contributed by atoms with Gasteiger partial charge in [-0.3, -0.25) is 10.1 Å². The molecule has 1 amide bonds. The predicted molar refractivity (Wildman–Crippen MR) is 109 cm³/mol. The summed E-state index contributed by atoms with van der Waals surface area (Å²) in [7, 11) is 0. The Morgan fingerprint density at radius 1 is 1.04 bits per heavy atom. The highest BCUT2D eigenvalue weighted by atomic mass is 35.5. The van der Waals surface area contributed by atoms with Crippen LogP contribution in [0.1, 0.15) is 16.1 Å². The third kappa shape index (κ3) is 3.75. The largest absolute Gasteiger partial charge is 0.297 e. The molecule has 2 aromatic heterocycles. The van der Waals surface area contributed by atoms with Crippen molar-refractivity contribution in [1.82, 2.24) is 24.4 Å². The average Bonchev–Trinajstić information content (AvgIpc) is 3.29. The first kappa shape index (κ1) is 18.5. The first-order chi connectivity index (χ1) is 13.5. The van der Waals surface area contributed by atoms with E-state index in [0.717, 1.165) is 22.9 Å². The molecule has 1 N–H and O–H groups in total. The van der Waals surface area contributed by atoms with E-state index in [1.54, 1.807) is 41.1 Å². The smallest absolute Gasteiger partial charge is 0.257 e. The lowest BCUT2D eigenvalue weighted by molar-refractivity contribution is 0.102. The molecule has 0 bridgehead atoms. The van der Waals surface area contributed by atoms with E-state index in [9.17, 15) is 4.79 Å². The van der Waals surface area contributed by atoms with Crippen LogP contribution >= 0.6 is 34.7 Å². The molecule has 0 saturated carbocycles. The standard InChI is InChI=1S/C18H12Cl2N6OS/c1-10-15(23-25-26(10)14-8-6-13(20)7-9-14)16-21-18(28-24-16)22-17(27)11-2-4-12(19)5-3-11/h2-9H,1H3,(H,21,22,24,27). The van der Waals surface area contributed by atoms with Gasteiger partial charge in [0.1, 0.15) is 0 Å². The average molecular weight is 431 g/mol. The van der Waals surface area contributed by atoms with Crippen LogP contribution in [-0.4, -0.2) is 30.3 Å². The summed E-state index contributed by atoms with van der Waals surface area (Å²) in [5, 5.41) is 12.6. The second-order valence-corrected chi connectivity index (χ2v) is 7.42. The Bertz CT molecular complexity index is 1140. The Hall–Kier alpha value is -2.81. The summed E-state index contributed by atoms with van der Waals surface area (Å²) < 4.78 is 5.97.